The van der Waals surface area contributed by atoms with Gasteiger partial charge in [0, 0.05) is 25.1 Å². The number of thiazole rings is 1. The van der Waals surface area contributed by atoms with Crippen molar-refractivity contribution in [3.8, 4) is 0 Å². The lowest BCUT2D eigenvalue weighted by Gasteiger charge is -2.31. The van der Waals surface area contributed by atoms with Crippen molar-refractivity contribution < 1.29 is 14.3 Å². The molecule has 0 spiro atoms. The van der Waals surface area contributed by atoms with Gasteiger partial charge in [0.15, 0.2) is 6.61 Å². The van der Waals surface area contributed by atoms with E-state index < -0.39 is 5.97 Å². The fourth-order valence-corrected chi connectivity index (χ4v) is 4.06. The number of nitrogens with zero attached hydrogens (tertiary/aromatic N) is 2. The quantitative estimate of drug-likeness (QED) is 0.620. The number of rotatable bonds is 4. The zero-order valence-electron chi connectivity index (χ0n) is 14.5. The third-order valence-corrected chi connectivity index (χ3v) is 5.38. The van der Waals surface area contributed by atoms with Crippen LogP contribution in [0.15, 0.2) is 35.9 Å². The van der Waals surface area contributed by atoms with E-state index in [1.807, 2.05) is 32.0 Å². The number of fused-ring (bicyclic) bond motifs is 1. The molecule has 2 heterocycles. The minimum absolute atomic E-state index is 0.138. The van der Waals surface area contributed by atoms with Gasteiger partial charge >= 0.3 is 5.97 Å². The first-order chi connectivity index (χ1) is 12.0. The van der Waals surface area contributed by atoms with Crippen molar-refractivity contribution in [2.75, 3.05) is 19.7 Å². The maximum Gasteiger partial charge on any atom is 0.331 e. The standard InChI is InChI=1S/C19H22N2O3S/c1-13(2)10-18(23)24-12-17(22)21-9-5-6-14(11-21)19-20-15-7-3-4-8-16(15)25-19/h3-4,7-8,10,14H,5-6,9,11-12H2,1-2H3/t14-/m0/s1. The Labute approximate surface area is 151 Å². The molecule has 1 amide bonds. The van der Waals surface area contributed by atoms with Gasteiger partial charge in [0.25, 0.3) is 5.91 Å². The third kappa shape index (κ3) is 4.45. The maximum atomic E-state index is 12.3. The molecule has 25 heavy (non-hydrogen) atoms. The molecule has 0 unspecified atom stereocenters. The summed E-state index contributed by atoms with van der Waals surface area (Å²) in [5.41, 5.74) is 1.87. The molecule has 1 aromatic heterocycles. The molecule has 1 saturated heterocycles. The molecule has 0 aliphatic carbocycles. The number of aromatic nitrogens is 1. The van der Waals surface area contributed by atoms with Gasteiger partial charge in [-0.05, 0) is 38.8 Å². The molecular formula is C19H22N2O3S. The van der Waals surface area contributed by atoms with E-state index in [4.69, 9.17) is 9.72 Å². The van der Waals surface area contributed by atoms with E-state index in [0.29, 0.717) is 13.1 Å². The highest BCUT2D eigenvalue weighted by Gasteiger charge is 2.27. The number of carbonyl (C=O) groups excluding carboxylic acids is 2. The van der Waals surface area contributed by atoms with Crippen LogP contribution >= 0.6 is 11.3 Å². The molecule has 1 aliphatic rings. The highest BCUT2D eigenvalue weighted by molar-refractivity contribution is 7.18. The molecule has 0 saturated carbocycles. The van der Waals surface area contributed by atoms with Gasteiger partial charge in [0.2, 0.25) is 0 Å². The molecule has 0 N–H and O–H groups in total. The number of piperidine rings is 1. The van der Waals surface area contributed by atoms with Gasteiger partial charge in [0.1, 0.15) is 0 Å². The minimum atomic E-state index is -0.465. The summed E-state index contributed by atoms with van der Waals surface area (Å²) in [5, 5.41) is 1.08. The normalized spacial score (nSPS) is 17.4. The van der Waals surface area contributed by atoms with Gasteiger partial charge in [0.05, 0.1) is 15.2 Å². The molecule has 1 aromatic carbocycles. The number of hydrogen-bond donors (Lipinski definition) is 0. The third-order valence-electron chi connectivity index (χ3n) is 4.18. The van der Waals surface area contributed by atoms with Crippen LogP contribution in [-0.4, -0.2) is 41.5 Å². The van der Waals surface area contributed by atoms with Gasteiger partial charge in [-0.1, -0.05) is 17.7 Å². The van der Waals surface area contributed by atoms with Gasteiger partial charge in [-0.3, -0.25) is 4.79 Å². The van der Waals surface area contributed by atoms with Crippen LogP contribution in [0, 0.1) is 0 Å². The van der Waals surface area contributed by atoms with Crippen molar-refractivity contribution in [1.29, 1.82) is 0 Å². The van der Waals surface area contributed by atoms with Crippen LogP contribution in [0.4, 0.5) is 0 Å². The van der Waals surface area contributed by atoms with Crippen LogP contribution in [0.1, 0.15) is 37.6 Å². The van der Waals surface area contributed by atoms with E-state index >= 15 is 0 Å². The van der Waals surface area contributed by atoms with Crippen LogP contribution < -0.4 is 0 Å². The van der Waals surface area contributed by atoms with Crippen LogP contribution in [0.25, 0.3) is 10.2 Å². The largest absolute Gasteiger partial charge is 0.452 e. The summed E-state index contributed by atoms with van der Waals surface area (Å²) < 4.78 is 6.21. The number of ether oxygens (including phenoxy) is 1. The number of benzene rings is 1. The van der Waals surface area contributed by atoms with Gasteiger partial charge in [-0.2, -0.15) is 0 Å². The maximum absolute atomic E-state index is 12.3. The van der Waals surface area contributed by atoms with Crippen LogP contribution in [0.5, 0.6) is 0 Å². The van der Waals surface area contributed by atoms with E-state index in [9.17, 15) is 9.59 Å². The molecule has 0 radical (unpaired) electrons. The molecule has 2 aromatic rings. The Balaban J connectivity index is 1.61. The number of carbonyl (C=O) groups is 2. The van der Waals surface area contributed by atoms with E-state index in [0.717, 1.165) is 28.9 Å². The highest BCUT2D eigenvalue weighted by Crippen LogP contribution is 2.32. The summed E-state index contributed by atoms with van der Waals surface area (Å²) in [4.78, 5) is 30.4. The summed E-state index contributed by atoms with van der Waals surface area (Å²) in [6, 6.07) is 8.10. The molecule has 0 bridgehead atoms. The highest BCUT2D eigenvalue weighted by atomic mass is 32.1. The number of para-hydroxylation sites is 1. The van der Waals surface area contributed by atoms with E-state index in [-0.39, 0.29) is 18.4 Å². The summed E-state index contributed by atoms with van der Waals surface area (Å²) in [5.74, 6) is -0.349. The number of allylic oxidation sites excluding steroid dienone is 1. The Morgan fingerprint density at radius 2 is 2.16 bits per heavy atom. The van der Waals surface area contributed by atoms with Crippen LogP contribution in [-0.2, 0) is 14.3 Å². The zero-order chi connectivity index (χ0) is 17.8. The Morgan fingerprint density at radius 3 is 2.92 bits per heavy atom. The molecule has 132 valence electrons. The Kier molecular flexibility index (Phi) is 5.48. The zero-order valence-corrected chi connectivity index (χ0v) is 15.3. The number of esters is 1. The topological polar surface area (TPSA) is 59.5 Å². The lowest BCUT2D eigenvalue weighted by Crippen LogP contribution is -2.41. The van der Waals surface area contributed by atoms with E-state index in [2.05, 4.69) is 6.07 Å². The lowest BCUT2D eigenvalue weighted by molar-refractivity contribution is -0.148. The first kappa shape index (κ1) is 17.6. The summed E-state index contributed by atoms with van der Waals surface area (Å²) in [7, 11) is 0. The molecule has 1 fully saturated rings. The Hall–Kier alpha value is -2.21. The fourth-order valence-electron chi connectivity index (χ4n) is 2.97. The van der Waals surface area contributed by atoms with E-state index in [1.165, 1.54) is 10.8 Å². The Bertz CT molecular complexity index is 775. The predicted molar refractivity (Wildman–Crippen MR) is 98.6 cm³/mol. The first-order valence-electron chi connectivity index (χ1n) is 8.48. The van der Waals surface area contributed by atoms with Gasteiger partial charge in [-0.25, -0.2) is 9.78 Å². The summed E-state index contributed by atoms with van der Waals surface area (Å²) in [6.45, 7) is 4.78. The SMILES string of the molecule is CC(C)=CC(=O)OCC(=O)N1CCC[C@H](c2nc3ccccc3s2)C1. The molecule has 1 atom stereocenters. The predicted octanol–water partition coefficient (Wildman–Crippen LogP) is 3.51. The average Bonchev–Trinajstić information content (AvgIpc) is 3.03. The van der Waals surface area contributed by atoms with Crippen LogP contribution in [0.3, 0.4) is 0 Å². The lowest BCUT2D eigenvalue weighted by atomic mass is 9.99. The van der Waals surface area contributed by atoms with Crippen molar-refractivity contribution in [3.63, 3.8) is 0 Å². The van der Waals surface area contributed by atoms with Gasteiger partial charge < -0.3 is 9.64 Å². The Morgan fingerprint density at radius 1 is 1.36 bits per heavy atom. The summed E-state index contributed by atoms with van der Waals surface area (Å²) >= 11 is 1.70. The van der Waals surface area contributed by atoms with E-state index in [1.54, 1.807) is 16.2 Å². The van der Waals surface area contributed by atoms with Crippen LogP contribution in [0.2, 0.25) is 0 Å². The molecule has 5 nitrogen and oxygen atoms in total. The first-order valence-corrected chi connectivity index (χ1v) is 9.29. The van der Waals surface area contributed by atoms with Crippen molar-refractivity contribution >= 4 is 33.4 Å². The fraction of sp³-hybridized carbons (Fsp3) is 0.421. The van der Waals surface area contributed by atoms with Gasteiger partial charge in [-0.15, -0.1) is 11.3 Å². The molecular weight excluding hydrogens is 336 g/mol. The number of amides is 1. The number of likely N-dealkylation sites (tertiary alicyclic amines) is 1. The average molecular weight is 358 g/mol. The second kappa shape index (κ2) is 7.78. The second-order valence-corrected chi connectivity index (χ2v) is 7.59. The summed E-state index contributed by atoms with van der Waals surface area (Å²) in [6.07, 6.45) is 3.36. The van der Waals surface area contributed by atoms with Crippen molar-refractivity contribution in [3.05, 3.63) is 40.9 Å². The monoisotopic (exact) mass is 358 g/mol. The molecule has 3 rings (SSSR count). The van der Waals surface area contributed by atoms with Crippen molar-refractivity contribution in [2.24, 2.45) is 0 Å². The molecule has 1 aliphatic heterocycles. The van der Waals surface area contributed by atoms with Crippen molar-refractivity contribution in [2.45, 2.75) is 32.6 Å². The molecule has 6 heteroatoms. The smallest absolute Gasteiger partial charge is 0.331 e. The number of hydrogen-bond acceptors (Lipinski definition) is 5. The second-order valence-electron chi connectivity index (χ2n) is 6.53. The van der Waals surface area contributed by atoms with Crippen molar-refractivity contribution in [1.82, 2.24) is 9.88 Å². The minimum Gasteiger partial charge on any atom is -0.452 e.